The van der Waals surface area contributed by atoms with Crippen LogP contribution in [-0.4, -0.2) is 58.7 Å². The molecule has 3 unspecified atom stereocenters. The Morgan fingerprint density at radius 3 is 2.56 bits per heavy atom. The van der Waals surface area contributed by atoms with Crippen molar-refractivity contribution in [1.82, 2.24) is 10.6 Å². The van der Waals surface area contributed by atoms with Crippen molar-refractivity contribution in [2.45, 2.75) is 52.7 Å². The Morgan fingerprint density at radius 1 is 1.36 bits per heavy atom. The molecule has 8 heteroatoms. The maximum absolute atomic E-state index is 11.4. The SMILES string of the molecule is CN=C(NCC(C)(C)CCS(C)(=O)=O)NC1C2CCOC2C1(C)C.I. The number of nitrogens with one attached hydrogen (secondary N) is 2. The third-order valence-electron chi connectivity index (χ3n) is 5.50. The molecule has 2 fully saturated rings. The van der Waals surface area contributed by atoms with Gasteiger partial charge < -0.3 is 15.4 Å². The van der Waals surface area contributed by atoms with Gasteiger partial charge in [-0.15, -0.1) is 24.0 Å². The maximum Gasteiger partial charge on any atom is 0.191 e. The van der Waals surface area contributed by atoms with Crippen LogP contribution in [0.25, 0.3) is 0 Å². The fraction of sp³-hybridized carbons (Fsp3) is 0.941. The molecule has 1 heterocycles. The molecule has 1 saturated heterocycles. The van der Waals surface area contributed by atoms with E-state index in [1.807, 2.05) is 0 Å². The van der Waals surface area contributed by atoms with Crippen LogP contribution in [0.3, 0.4) is 0 Å². The Morgan fingerprint density at radius 2 is 2.00 bits per heavy atom. The number of aliphatic imine (C=N–C) groups is 1. The fourth-order valence-electron chi connectivity index (χ4n) is 3.83. The Balaban J connectivity index is 0.00000312. The van der Waals surface area contributed by atoms with Crippen LogP contribution in [0, 0.1) is 16.7 Å². The second kappa shape index (κ2) is 8.29. The number of ether oxygens (including phenoxy) is 1. The number of fused-ring (bicyclic) bond motifs is 1. The molecular formula is C17H34IN3O3S. The molecule has 0 bridgehead atoms. The van der Waals surface area contributed by atoms with Crippen LogP contribution in [0.1, 0.15) is 40.5 Å². The van der Waals surface area contributed by atoms with Crippen LogP contribution in [0.5, 0.6) is 0 Å². The largest absolute Gasteiger partial charge is 0.377 e. The van der Waals surface area contributed by atoms with Crippen LogP contribution in [0.2, 0.25) is 0 Å². The first-order valence-corrected chi connectivity index (χ1v) is 10.8. The van der Waals surface area contributed by atoms with Crippen molar-refractivity contribution in [2.24, 2.45) is 21.7 Å². The average molecular weight is 487 g/mol. The summed E-state index contributed by atoms with van der Waals surface area (Å²) in [5.74, 6) is 1.55. The quantitative estimate of drug-likeness (QED) is 0.341. The summed E-state index contributed by atoms with van der Waals surface area (Å²) >= 11 is 0. The third-order valence-corrected chi connectivity index (χ3v) is 6.45. The van der Waals surface area contributed by atoms with Gasteiger partial charge in [-0.2, -0.15) is 0 Å². The molecule has 0 aromatic carbocycles. The number of guanidine groups is 1. The Hall–Kier alpha value is -0.0900. The number of nitrogens with zero attached hydrogens (tertiary/aromatic N) is 1. The van der Waals surface area contributed by atoms with Gasteiger partial charge in [0.2, 0.25) is 0 Å². The minimum atomic E-state index is -2.93. The Bertz CT molecular complexity index is 590. The summed E-state index contributed by atoms with van der Waals surface area (Å²) in [7, 11) is -1.16. The molecule has 1 saturated carbocycles. The van der Waals surface area contributed by atoms with Crippen LogP contribution in [-0.2, 0) is 14.6 Å². The summed E-state index contributed by atoms with van der Waals surface area (Å²) < 4.78 is 28.6. The molecule has 0 aromatic rings. The second-order valence-electron chi connectivity index (χ2n) is 8.66. The zero-order valence-electron chi connectivity index (χ0n) is 16.3. The van der Waals surface area contributed by atoms with Gasteiger partial charge in [0.05, 0.1) is 11.9 Å². The highest BCUT2D eigenvalue weighted by atomic mass is 127. The lowest BCUT2D eigenvalue weighted by molar-refractivity contribution is -0.106. The molecule has 0 spiro atoms. The molecule has 25 heavy (non-hydrogen) atoms. The summed E-state index contributed by atoms with van der Waals surface area (Å²) in [5.41, 5.74) is -0.0145. The first-order valence-electron chi connectivity index (χ1n) is 8.73. The van der Waals surface area contributed by atoms with Crippen LogP contribution in [0.15, 0.2) is 4.99 Å². The van der Waals surface area contributed by atoms with E-state index in [9.17, 15) is 8.42 Å². The smallest absolute Gasteiger partial charge is 0.191 e. The first-order chi connectivity index (χ1) is 11.0. The monoisotopic (exact) mass is 487 g/mol. The van der Waals surface area contributed by atoms with E-state index in [-0.39, 0.29) is 40.6 Å². The van der Waals surface area contributed by atoms with E-state index in [0.717, 1.165) is 19.0 Å². The Kier molecular flexibility index (Phi) is 7.61. The molecule has 148 valence electrons. The van der Waals surface area contributed by atoms with Crippen LogP contribution >= 0.6 is 24.0 Å². The third kappa shape index (κ3) is 5.69. The van der Waals surface area contributed by atoms with Gasteiger partial charge in [0.15, 0.2) is 5.96 Å². The van der Waals surface area contributed by atoms with Gasteiger partial charge in [-0.25, -0.2) is 8.42 Å². The topological polar surface area (TPSA) is 79.8 Å². The van der Waals surface area contributed by atoms with E-state index >= 15 is 0 Å². The van der Waals surface area contributed by atoms with Crippen molar-refractivity contribution in [3.63, 3.8) is 0 Å². The molecule has 0 radical (unpaired) electrons. The molecule has 0 amide bonds. The van der Waals surface area contributed by atoms with Crippen molar-refractivity contribution < 1.29 is 13.2 Å². The maximum atomic E-state index is 11.4. The van der Waals surface area contributed by atoms with E-state index in [1.54, 1.807) is 7.05 Å². The molecular weight excluding hydrogens is 453 g/mol. The van der Waals surface area contributed by atoms with Gasteiger partial charge in [-0.05, 0) is 18.3 Å². The molecule has 0 aromatic heterocycles. The highest BCUT2D eigenvalue weighted by molar-refractivity contribution is 14.0. The van der Waals surface area contributed by atoms with Crippen molar-refractivity contribution in [3.05, 3.63) is 0 Å². The van der Waals surface area contributed by atoms with Gasteiger partial charge in [0, 0.05) is 43.8 Å². The minimum Gasteiger partial charge on any atom is -0.377 e. The number of halogens is 1. The van der Waals surface area contributed by atoms with Gasteiger partial charge in [0.1, 0.15) is 9.84 Å². The standard InChI is InChI=1S/C17H33N3O3S.HI/c1-16(2,8-10-24(6,21)22)11-19-15(18-5)20-13-12-7-9-23-14(12)17(13,3)4;/h12-14H,7-11H2,1-6H3,(H2,18,19,20);1H. The number of rotatable bonds is 6. The van der Waals surface area contributed by atoms with E-state index in [4.69, 9.17) is 4.74 Å². The lowest BCUT2D eigenvalue weighted by Crippen LogP contribution is -2.68. The predicted octanol–water partition coefficient (Wildman–Crippen LogP) is 2.04. The normalized spacial score (nSPS) is 28.6. The van der Waals surface area contributed by atoms with Crippen molar-refractivity contribution in [2.75, 3.05) is 32.2 Å². The summed E-state index contributed by atoms with van der Waals surface area (Å²) in [5, 5.41) is 6.92. The summed E-state index contributed by atoms with van der Waals surface area (Å²) in [4.78, 5) is 4.34. The first kappa shape index (κ1) is 23.0. The zero-order chi connectivity index (χ0) is 18.2. The number of sulfone groups is 1. The van der Waals surface area contributed by atoms with Gasteiger partial charge in [-0.3, -0.25) is 4.99 Å². The van der Waals surface area contributed by atoms with Gasteiger partial charge >= 0.3 is 0 Å². The summed E-state index contributed by atoms with van der Waals surface area (Å²) in [6.07, 6.45) is 3.36. The minimum absolute atomic E-state index is 0. The zero-order valence-corrected chi connectivity index (χ0v) is 19.4. The molecule has 2 rings (SSSR count). The summed E-state index contributed by atoms with van der Waals surface area (Å²) in [6, 6.07) is 0.357. The van der Waals surface area contributed by atoms with E-state index in [0.29, 0.717) is 31.0 Å². The molecule has 1 aliphatic heterocycles. The van der Waals surface area contributed by atoms with E-state index < -0.39 is 9.84 Å². The number of hydrogen-bond donors (Lipinski definition) is 2. The molecule has 3 atom stereocenters. The van der Waals surface area contributed by atoms with Crippen LogP contribution in [0.4, 0.5) is 0 Å². The molecule has 2 N–H and O–H groups in total. The fourth-order valence-corrected chi connectivity index (χ4v) is 4.76. The lowest BCUT2D eigenvalue weighted by atomic mass is 9.57. The molecule has 2 aliphatic rings. The molecule has 1 aliphatic carbocycles. The van der Waals surface area contributed by atoms with E-state index in [2.05, 4.69) is 43.3 Å². The number of hydrogen-bond acceptors (Lipinski definition) is 4. The Labute approximate surface area is 169 Å². The van der Waals surface area contributed by atoms with Gasteiger partial charge in [0.25, 0.3) is 0 Å². The summed E-state index contributed by atoms with van der Waals surface area (Å²) in [6.45, 7) is 10.2. The van der Waals surface area contributed by atoms with E-state index in [1.165, 1.54) is 6.26 Å². The van der Waals surface area contributed by atoms with Crippen molar-refractivity contribution in [3.8, 4) is 0 Å². The highest BCUT2D eigenvalue weighted by Crippen LogP contribution is 2.52. The van der Waals surface area contributed by atoms with Crippen LogP contribution < -0.4 is 10.6 Å². The predicted molar refractivity (Wildman–Crippen MR) is 113 cm³/mol. The second-order valence-corrected chi connectivity index (χ2v) is 10.9. The average Bonchev–Trinajstić information content (AvgIpc) is 2.92. The highest BCUT2D eigenvalue weighted by Gasteiger charge is 2.59. The lowest BCUT2D eigenvalue weighted by Gasteiger charge is -2.55. The molecule has 6 nitrogen and oxygen atoms in total. The van der Waals surface area contributed by atoms with Crippen molar-refractivity contribution >= 4 is 39.8 Å². The van der Waals surface area contributed by atoms with Gasteiger partial charge in [-0.1, -0.05) is 27.7 Å². The van der Waals surface area contributed by atoms with Crippen molar-refractivity contribution in [1.29, 1.82) is 0 Å².